The molecule has 18 heavy (non-hydrogen) atoms. The van der Waals surface area contributed by atoms with Gasteiger partial charge >= 0.3 is 0 Å². The Bertz CT molecular complexity index is 531. The Balaban J connectivity index is 2.40. The number of halogens is 1. The molecule has 4 heteroatoms. The van der Waals surface area contributed by atoms with Crippen molar-refractivity contribution in [3.05, 3.63) is 29.0 Å². The molecule has 0 saturated heterocycles. The van der Waals surface area contributed by atoms with Gasteiger partial charge in [-0.1, -0.05) is 18.5 Å². The molecule has 98 valence electrons. The van der Waals surface area contributed by atoms with Crippen molar-refractivity contribution in [1.29, 1.82) is 0 Å². The molecule has 2 aromatic rings. The summed E-state index contributed by atoms with van der Waals surface area (Å²) in [6.45, 7) is 5.20. The van der Waals surface area contributed by atoms with Gasteiger partial charge in [-0.25, -0.2) is 4.98 Å². The summed E-state index contributed by atoms with van der Waals surface area (Å²) in [6.07, 6.45) is 2.98. The van der Waals surface area contributed by atoms with Crippen molar-refractivity contribution in [2.24, 2.45) is 5.73 Å². The predicted octanol–water partition coefficient (Wildman–Crippen LogP) is 3.38. The molecule has 0 amide bonds. The van der Waals surface area contributed by atoms with Gasteiger partial charge in [0.25, 0.3) is 0 Å². The van der Waals surface area contributed by atoms with Gasteiger partial charge in [0.1, 0.15) is 5.82 Å². The summed E-state index contributed by atoms with van der Waals surface area (Å²) in [7, 11) is 0. The second-order valence-corrected chi connectivity index (χ2v) is 5.27. The van der Waals surface area contributed by atoms with Crippen LogP contribution in [0.15, 0.2) is 18.2 Å². The largest absolute Gasteiger partial charge is 0.328 e. The summed E-state index contributed by atoms with van der Waals surface area (Å²) in [4.78, 5) is 4.69. The Kier molecular flexibility index (Phi) is 4.25. The van der Waals surface area contributed by atoms with E-state index in [2.05, 4.69) is 22.5 Å². The minimum Gasteiger partial charge on any atom is -0.328 e. The topological polar surface area (TPSA) is 43.8 Å². The molecule has 0 radical (unpaired) electrons. The van der Waals surface area contributed by atoms with E-state index in [4.69, 9.17) is 17.3 Å². The molecule has 1 unspecified atom stereocenters. The second kappa shape index (κ2) is 5.72. The third-order valence-corrected chi connectivity index (χ3v) is 3.29. The summed E-state index contributed by atoms with van der Waals surface area (Å²) in [5, 5.41) is 0.738. The number of nitrogens with two attached hydrogens (primary N) is 1. The maximum atomic E-state index is 6.02. The van der Waals surface area contributed by atoms with Gasteiger partial charge in [0, 0.05) is 24.0 Å². The fourth-order valence-electron chi connectivity index (χ4n) is 2.17. The van der Waals surface area contributed by atoms with E-state index in [1.807, 2.05) is 19.1 Å². The lowest BCUT2D eigenvalue weighted by molar-refractivity contribution is 0.601. The molecule has 0 bridgehead atoms. The normalized spacial score (nSPS) is 13.1. The highest BCUT2D eigenvalue weighted by Gasteiger charge is 2.10. The zero-order valence-corrected chi connectivity index (χ0v) is 11.7. The van der Waals surface area contributed by atoms with Crippen LogP contribution in [0, 0.1) is 0 Å². The van der Waals surface area contributed by atoms with E-state index in [1.165, 1.54) is 5.52 Å². The minimum atomic E-state index is 0.212. The zero-order chi connectivity index (χ0) is 13.1. The average molecular weight is 266 g/mol. The third-order valence-electron chi connectivity index (χ3n) is 3.06. The van der Waals surface area contributed by atoms with Gasteiger partial charge in [0.2, 0.25) is 0 Å². The Morgan fingerprint density at radius 1 is 1.44 bits per heavy atom. The van der Waals surface area contributed by atoms with Crippen molar-refractivity contribution in [2.75, 3.05) is 0 Å². The van der Waals surface area contributed by atoms with Crippen LogP contribution in [0.4, 0.5) is 0 Å². The van der Waals surface area contributed by atoms with E-state index in [9.17, 15) is 0 Å². The van der Waals surface area contributed by atoms with E-state index < -0.39 is 0 Å². The van der Waals surface area contributed by atoms with Crippen molar-refractivity contribution in [3.8, 4) is 0 Å². The Morgan fingerprint density at radius 2 is 2.22 bits per heavy atom. The quantitative estimate of drug-likeness (QED) is 0.901. The van der Waals surface area contributed by atoms with E-state index in [0.29, 0.717) is 0 Å². The first-order valence-corrected chi connectivity index (χ1v) is 6.90. The number of fused-ring (bicyclic) bond motifs is 1. The van der Waals surface area contributed by atoms with Crippen molar-refractivity contribution in [1.82, 2.24) is 9.55 Å². The van der Waals surface area contributed by atoms with Crippen LogP contribution in [0.25, 0.3) is 11.0 Å². The maximum absolute atomic E-state index is 6.02. The van der Waals surface area contributed by atoms with Gasteiger partial charge in [0.05, 0.1) is 11.0 Å². The van der Waals surface area contributed by atoms with E-state index >= 15 is 0 Å². The van der Waals surface area contributed by atoms with Crippen LogP contribution in [-0.4, -0.2) is 15.6 Å². The first-order valence-electron chi connectivity index (χ1n) is 6.52. The summed E-state index contributed by atoms with van der Waals surface area (Å²) in [5.41, 5.74) is 7.97. The molecule has 2 N–H and O–H groups in total. The highest BCUT2D eigenvalue weighted by Crippen LogP contribution is 2.21. The first kappa shape index (κ1) is 13.4. The predicted molar refractivity (Wildman–Crippen MR) is 77.0 cm³/mol. The number of aromatic nitrogens is 2. The van der Waals surface area contributed by atoms with Crippen molar-refractivity contribution >= 4 is 22.6 Å². The van der Waals surface area contributed by atoms with E-state index in [0.717, 1.165) is 42.2 Å². The molecule has 1 aromatic heterocycles. The third kappa shape index (κ3) is 2.85. The molecule has 1 aromatic carbocycles. The minimum absolute atomic E-state index is 0.212. The smallest absolute Gasteiger partial charge is 0.109 e. The van der Waals surface area contributed by atoms with Crippen LogP contribution in [0.2, 0.25) is 5.02 Å². The highest BCUT2D eigenvalue weighted by atomic mass is 35.5. The van der Waals surface area contributed by atoms with Crippen LogP contribution in [0.5, 0.6) is 0 Å². The van der Waals surface area contributed by atoms with Crippen molar-refractivity contribution in [2.45, 2.75) is 45.7 Å². The van der Waals surface area contributed by atoms with Crippen LogP contribution >= 0.6 is 11.6 Å². The SMILES string of the molecule is CCCn1c(CCC(C)N)nc2cc(Cl)ccc21. The number of rotatable bonds is 5. The molecular formula is C14H20ClN3. The highest BCUT2D eigenvalue weighted by molar-refractivity contribution is 6.31. The standard InChI is InChI=1S/C14H20ClN3/c1-3-8-18-13-6-5-11(15)9-12(13)17-14(18)7-4-10(2)16/h5-6,9-10H,3-4,7-8,16H2,1-2H3. The molecule has 0 aliphatic heterocycles. The maximum Gasteiger partial charge on any atom is 0.109 e. The summed E-state index contributed by atoms with van der Waals surface area (Å²) >= 11 is 6.02. The number of aryl methyl sites for hydroxylation is 2. The number of benzene rings is 1. The van der Waals surface area contributed by atoms with Crippen LogP contribution in [0.1, 0.15) is 32.5 Å². The van der Waals surface area contributed by atoms with Gasteiger partial charge in [0.15, 0.2) is 0 Å². The summed E-state index contributed by atoms with van der Waals surface area (Å²) in [5.74, 6) is 1.12. The molecule has 0 saturated carbocycles. The molecular weight excluding hydrogens is 246 g/mol. The fourth-order valence-corrected chi connectivity index (χ4v) is 2.34. The molecule has 1 heterocycles. The molecule has 0 fully saturated rings. The monoisotopic (exact) mass is 265 g/mol. The number of hydrogen-bond donors (Lipinski definition) is 1. The number of imidazole rings is 1. The summed E-state index contributed by atoms with van der Waals surface area (Å²) < 4.78 is 2.29. The molecule has 3 nitrogen and oxygen atoms in total. The molecule has 0 aliphatic rings. The number of hydrogen-bond acceptors (Lipinski definition) is 2. The summed E-state index contributed by atoms with van der Waals surface area (Å²) in [6, 6.07) is 6.12. The van der Waals surface area contributed by atoms with Crippen LogP contribution in [-0.2, 0) is 13.0 Å². The Labute approximate surface area is 113 Å². The lowest BCUT2D eigenvalue weighted by Gasteiger charge is -2.09. The zero-order valence-electron chi connectivity index (χ0n) is 11.0. The lowest BCUT2D eigenvalue weighted by Crippen LogP contribution is -2.16. The van der Waals surface area contributed by atoms with Crippen LogP contribution in [0.3, 0.4) is 0 Å². The van der Waals surface area contributed by atoms with Crippen molar-refractivity contribution in [3.63, 3.8) is 0 Å². The molecule has 1 atom stereocenters. The van der Waals surface area contributed by atoms with Gasteiger partial charge < -0.3 is 10.3 Å². The Hall–Kier alpha value is -1.06. The van der Waals surface area contributed by atoms with E-state index in [-0.39, 0.29) is 6.04 Å². The molecule has 0 spiro atoms. The molecule has 2 rings (SSSR count). The fraction of sp³-hybridized carbons (Fsp3) is 0.500. The van der Waals surface area contributed by atoms with E-state index in [1.54, 1.807) is 0 Å². The first-order chi connectivity index (χ1) is 8.61. The van der Waals surface area contributed by atoms with Gasteiger partial charge in [-0.15, -0.1) is 0 Å². The second-order valence-electron chi connectivity index (χ2n) is 4.83. The van der Waals surface area contributed by atoms with Gasteiger partial charge in [-0.3, -0.25) is 0 Å². The van der Waals surface area contributed by atoms with Gasteiger partial charge in [-0.05, 0) is 38.0 Å². The van der Waals surface area contributed by atoms with Crippen molar-refractivity contribution < 1.29 is 0 Å². The number of nitrogens with zero attached hydrogens (tertiary/aromatic N) is 2. The van der Waals surface area contributed by atoms with Crippen LogP contribution < -0.4 is 5.73 Å². The lowest BCUT2D eigenvalue weighted by atomic mass is 10.2. The van der Waals surface area contributed by atoms with Gasteiger partial charge in [-0.2, -0.15) is 0 Å². The molecule has 0 aliphatic carbocycles. The average Bonchev–Trinajstić information content (AvgIpc) is 2.64. The Morgan fingerprint density at radius 3 is 2.89 bits per heavy atom.